The zero-order valence-electron chi connectivity index (χ0n) is 9.85. The average molecular weight is 263 g/mol. The summed E-state index contributed by atoms with van der Waals surface area (Å²) < 4.78 is 4.54. The Bertz CT molecular complexity index is 296. The second-order valence-corrected chi connectivity index (χ2v) is 3.95. The number of esters is 1. The van der Waals surface area contributed by atoms with E-state index in [4.69, 9.17) is 5.73 Å². The SMILES string of the molecule is C=C[C@H]1CCNC(=O)[C@H]1C[C@H](N)C(=O)OC.Cl. The number of halogens is 1. The van der Waals surface area contributed by atoms with Gasteiger partial charge in [0.2, 0.25) is 5.91 Å². The highest BCUT2D eigenvalue weighted by atomic mass is 35.5. The Kier molecular flexibility index (Phi) is 6.83. The quantitative estimate of drug-likeness (QED) is 0.562. The van der Waals surface area contributed by atoms with Crippen LogP contribution in [-0.4, -0.2) is 31.6 Å². The topological polar surface area (TPSA) is 81.4 Å². The number of rotatable bonds is 4. The normalized spacial score (nSPS) is 25.2. The van der Waals surface area contributed by atoms with Gasteiger partial charge in [-0.1, -0.05) is 6.08 Å². The summed E-state index contributed by atoms with van der Waals surface area (Å²) in [6, 6.07) is -0.749. The van der Waals surface area contributed by atoms with Crippen molar-refractivity contribution >= 4 is 24.3 Å². The number of amides is 1. The van der Waals surface area contributed by atoms with Crippen LogP contribution in [-0.2, 0) is 14.3 Å². The Hall–Kier alpha value is -1.07. The van der Waals surface area contributed by atoms with Gasteiger partial charge in [-0.05, 0) is 18.8 Å². The Morgan fingerprint density at radius 1 is 1.76 bits per heavy atom. The maximum Gasteiger partial charge on any atom is 0.322 e. The van der Waals surface area contributed by atoms with Gasteiger partial charge in [0.05, 0.1) is 7.11 Å². The molecule has 5 nitrogen and oxygen atoms in total. The van der Waals surface area contributed by atoms with Crippen molar-refractivity contribution in [1.82, 2.24) is 5.32 Å². The van der Waals surface area contributed by atoms with Gasteiger partial charge in [-0.15, -0.1) is 19.0 Å². The molecule has 1 fully saturated rings. The van der Waals surface area contributed by atoms with Gasteiger partial charge in [0.15, 0.2) is 0 Å². The Balaban J connectivity index is 0.00000256. The molecule has 0 spiro atoms. The van der Waals surface area contributed by atoms with Crippen LogP contribution in [0.1, 0.15) is 12.8 Å². The highest BCUT2D eigenvalue weighted by Gasteiger charge is 2.33. The number of hydrogen-bond donors (Lipinski definition) is 2. The zero-order valence-corrected chi connectivity index (χ0v) is 10.7. The molecular weight excluding hydrogens is 244 g/mol. The molecule has 3 N–H and O–H groups in total. The number of ether oxygens (including phenoxy) is 1. The molecule has 0 aromatic rings. The fourth-order valence-corrected chi connectivity index (χ4v) is 1.97. The number of nitrogens with one attached hydrogen (secondary N) is 1. The van der Waals surface area contributed by atoms with Gasteiger partial charge in [-0.25, -0.2) is 0 Å². The predicted molar refractivity (Wildman–Crippen MR) is 66.7 cm³/mol. The Labute approximate surface area is 107 Å². The molecule has 1 amide bonds. The van der Waals surface area contributed by atoms with Gasteiger partial charge in [-0.3, -0.25) is 9.59 Å². The minimum Gasteiger partial charge on any atom is -0.468 e. The first-order valence-electron chi connectivity index (χ1n) is 5.33. The van der Waals surface area contributed by atoms with Gasteiger partial charge in [0.1, 0.15) is 6.04 Å². The van der Waals surface area contributed by atoms with Crippen molar-refractivity contribution in [3.05, 3.63) is 12.7 Å². The van der Waals surface area contributed by atoms with Crippen LogP contribution in [0.2, 0.25) is 0 Å². The van der Waals surface area contributed by atoms with Gasteiger partial charge >= 0.3 is 5.97 Å². The van der Waals surface area contributed by atoms with E-state index in [2.05, 4.69) is 16.6 Å². The van der Waals surface area contributed by atoms with E-state index < -0.39 is 12.0 Å². The van der Waals surface area contributed by atoms with Crippen LogP contribution >= 0.6 is 12.4 Å². The molecule has 1 saturated heterocycles. The number of piperidine rings is 1. The lowest BCUT2D eigenvalue weighted by atomic mass is 9.82. The predicted octanol–water partition coefficient (Wildman–Crippen LogP) is 0.237. The van der Waals surface area contributed by atoms with Crippen molar-refractivity contribution in [3.8, 4) is 0 Å². The van der Waals surface area contributed by atoms with Crippen molar-refractivity contribution in [2.24, 2.45) is 17.6 Å². The van der Waals surface area contributed by atoms with E-state index >= 15 is 0 Å². The molecular formula is C11H19ClN2O3. The van der Waals surface area contributed by atoms with Crippen LogP contribution in [0.3, 0.4) is 0 Å². The number of carbonyl (C=O) groups excluding carboxylic acids is 2. The molecule has 1 aliphatic rings. The monoisotopic (exact) mass is 262 g/mol. The number of carbonyl (C=O) groups is 2. The second kappa shape index (κ2) is 7.29. The van der Waals surface area contributed by atoms with Crippen molar-refractivity contribution < 1.29 is 14.3 Å². The molecule has 3 atom stereocenters. The smallest absolute Gasteiger partial charge is 0.322 e. The molecule has 0 unspecified atom stereocenters. The first kappa shape index (κ1) is 15.9. The first-order valence-corrected chi connectivity index (χ1v) is 5.33. The Morgan fingerprint density at radius 3 is 2.94 bits per heavy atom. The highest BCUT2D eigenvalue weighted by Crippen LogP contribution is 2.25. The van der Waals surface area contributed by atoms with Crippen LogP contribution in [0, 0.1) is 11.8 Å². The molecule has 98 valence electrons. The van der Waals surface area contributed by atoms with Crippen molar-refractivity contribution in [1.29, 1.82) is 0 Å². The summed E-state index contributed by atoms with van der Waals surface area (Å²) in [6.07, 6.45) is 2.90. The standard InChI is InChI=1S/C11H18N2O3.ClH/c1-3-7-4-5-13-10(14)8(7)6-9(12)11(15)16-2;/h3,7-9H,1,4-6,12H2,2H3,(H,13,14);1H/t7-,8-,9-;/m0./s1. The van der Waals surface area contributed by atoms with E-state index in [9.17, 15) is 9.59 Å². The third-order valence-corrected chi connectivity index (χ3v) is 2.95. The van der Waals surface area contributed by atoms with E-state index in [-0.39, 0.29) is 30.2 Å². The lowest BCUT2D eigenvalue weighted by Crippen LogP contribution is -2.45. The number of nitrogens with two attached hydrogens (primary N) is 1. The lowest BCUT2D eigenvalue weighted by molar-refractivity contribution is -0.143. The minimum absolute atomic E-state index is 0. The molecule has 0 bridgehead atoms. The number of hydrogen-bond acceptors (Lipinski definition) is 4. The summed E-state index contributed by atoms with van der Waals surface area (Å²) in [6.45, 7) is 4.36. The molecule has 6 heteroatoms. The van der Waals surface area contributed by atoms with E-state index in [1.165, 1.54) is 7.11 Å². The molecule has 1 heterocycles. The van der Waals surface area contributed by atoms with Gasteiger partial charge in [0.25, 0.3) is 0 Å². The second-order valence-electron chi connectivity index (χ2n) is 3.95. The van der Waals surface area contributed by atoms with E-state index in [1.54, 1.807) is 6.08 Å². The van der Waals surface area contributed by atoms with E-state index in [0.717, 1.165) is 6.42 Å². The zero-order chi connectivity index (χ0) is 12.1. The maximum absolute atomic E-state index is 11.6. The summed E-state index contributed by atoms with van der Waals surface area (Å²) in [5.74, 6) is -0.735. The van der Waals surface area contributed by atoms with Gasteiger partial charge in [0, 0.05) is 12.5 Å². The van der Waals surface area contributed by atoms with Crippen LogP contribution < -0.4 is 11.1 Å². The molecule has 0 aliphatic carbocycles. The highest BCUT2D eigenvalue weighted by molar-refractivity contribution is 5.85. The molecule has 0 radical (unpaired) electrons. The number of methoxy groups -OCH3 is 1. The summed E-state index contributed by atoms with van der Waals surface area (Å²) in [7, 11) is 1.29. The molecule has 0 saturated carbocycles. The Morgan fingerprint density at radius 2 is 2.41 bits per heavy atom. The summed E-state index contributed by atoms with van der Waals surface area (Å²) in [5.41, 5.74) is 5.65. The van der Waals surface area contributed by atoms with Crippen LogP contribution in [0.25, 0.3) is 0 Å². The average Bonchev–Trinajstić information content (AvgIpc) is 2.30. The van der Waals surface area contributed by atoms with Gasteiger partial charge in [-0.2, -0.15) is 0 Å². The summed E-state index contributed by atoms with van der Waals surface area (Å²) >= 11 is 0. The van der Waals surface area contributed by atoms with Gasteiger partial charge < -0.3 is 15.8 Å². The van der Waals surface area contributed by atoms with Crippen LogP contribution in [0.4, 0.5) is 0 Å². The number of allylic oxidation sites excluding steroid dienone is 1. The molecule has 0 aromatic carbocycles. The van der Waals surface area contributed by atoms with Crippen LogP contribution in [0.5, 0.6) is 0 Å². The molecule has 0 aromatic heterocycles. The first-order chi connectivity index (χ1) is 7.60. The summed E-state index contributed by atoms with van der Waals surface area (Å²) in [4.78, 5) is 22.8. The van der Waals surface area contributed by atoms with E-state index in [1.807, 2.05) is 0 Å². The van der Waals surface area contributed by atoms with Crippen molar-refractivity contribution in [3.63, 3.8) is 0 Å². The van der Waals surface area contributed by atoms with Crippen molar-refractivity contribution in [2.45, 2.75) is 18.9 Å². The lowest BCUT2D eigenvalue weighted by Gasteiger charge is -2.30. The van der Waals surface area contributed by atoms with E-state index in [0.29, 0.717) is 13.0 Å². The third kappa shape index (κ3) is 4.02. The fourth-order valence-electron chi connectivity index (χ4n) is 1.97. The molecule has 1 rings (SSSR count). The largest absolute Gasteiger partial charge is 0.468 e. The van der Waals surface area contributed by atoms with Crippen LogP contribution in [0.15, 0.2) is 12.7 Å². The fraction of sp³-hybridized carbons (Fsp3) is 0.636. The molecule has 1 aliphatic heterocycles. The summed E-state index contributed by atoms with van der Waals surface area (Å²) in [5, 5.41) is 2.76. The maximum atomic E-state index is 11.6. The molecule has 17 heavy (non-hydrogen) atoms. The van der Waals surface area contributed by atoms with Crippen molar-refractivity contribution in [2.75, 3.05) is 13.7 Å². The third-order valence-electron chi connectivity index (χ3n) is 2.95. The minimum atomic E-state index is -0.749.